The number of hydrogen-bond donors (Lipinski definition) is 2. The third-order valence-electron chi connectivity index (χ3n) is 10.3. The van der Waals surface area contributed by atoms with Crippen molar-refractivity contribution < 1.29 is 24.5 Å². The van der Waals surface area contributed by atoms with Gasteiger partial charge in [0.2, 0.25) is 6.29 Å². The van der Waals surface area contributed by atoms with E-state index in [0.717, 1.165) is 18.8 Å². The molecule has 0 radical (unpaired) electrons. The lowest BCUT2D eigenvalue weighted by atomic mass is 9.38. The maximum Gasteiger partial charge on any atom is 0.333 e. The van der Waals surface area contributed by atoms with Gasteiger partial charge in [0.1, 0.15) is 0 Å². The third kappa shape index (κ3) is 2.87. The van der Waals surface area contributed by atoms with Crippen LogP contribution in [0.2, 0.25) is 0 Å². The van der Waals surface area contributed by atoms with Crippen LogP contribution in [-0.4, -0.2) is 34.9 Å². The fraction of sp³-hybridized carbons (Fsp3) is 0.880. The van der Waals surface area contributed by atoms with Gasteiger partial charge >= 0.3 is 5.97 Å². The molecule has 2 aliphatic heterocycles. The molecule has 9 atom stereocenters. The summed E-state index contributed by atoms with van der Waals surface area (Å²) in [6.45, 7) is 9.98. The minimum atomic E-state index is -1.24. The fourth-order valence-corrected chi connectivity index (χ4v) is 9.07. The molecule has 5 heteroatoms. The van der Waals surface area contributed by atoms with Crippen molar-refractivity contribution in [1.29, 1.82) is 0 Å². The fourth-order valence-electron chi connectivity index (χ4n) is 9.07. The zero-order valence-corrected chi connectivity index (χ0v) is 18.9. The van der Waals surface area contributed by atoms with Crippen LogP contribution >= 0.6 is 0 Å². The first-order valence-corrected chi connectivity index (χ1v) is 12.0. The van der Waals surface area contributed by atoms with Crippen LogP contribution in [0, 0.1) is 39.9 Å². The van der Waals surface area contributed by atoms with Crippen molar-refractivity contribution in [3.05, 3.63) is 11.6 Å². The molecule has 30 heavy (non-hydrogen) atoms. The van der Waals surface area contributed by atoms with Crippen LogP contribution in [0.5, 0.6) is 0 Å². The first kappa shape index (κ1) is 21.0. The second kappa shape index (κ2) is 6.79. The molecular weight excluding hydrogens is 380 g/mol. The van der Waals surface area contributed by atoms with Crippen molar-refractivity contribution >= 4 is 5.97 Å². The number of aliphatic hydroxyl groups excluding tert-OH is 2. The van der Waals surface area contributed by atoms with Gasteiger partial charge in [0.15, 0.2) is 6.29 Å². The summed E-state index contributed by atoms with van der Waals surface area (Å²) in [4.78, 5) is 11.6. The standard InChI is InChI=1S/C25H38O5/c1-23(2)9-5-10-25(4)18(23)8-11-24(3)16-13-17(15-12-20(26)30-22(15)28)29-21(27)14(16)6-7-19(24)25/h12,14,16-19,21-22,27-28H,5-11,13H2,1-4H3/t14-,16+,17+,18-,19-,21+,22-,24-,25-/m0/s1. The van der Waals surface area contributed by atoms with Crippen LogP contribution in [0.15, 0.2) is 11.6 Å². The van der Waals surface area contributed by atoms with E-state index >= 15 is 0 Å². The van der Waals surface area contributed by atoms with Crippen LogP contribution in [0.3, 0.4) is 0 Å². The minimum absolute atomic E-state index is 0.134. The normalized spacial score (nSPS) is 52.5. The quantitative estimate of drug-likeness (QED) is 0.625. The Kier molecular flexibility index (Phi) is 4.75. The summed E-state index contributed by atoms with van der Waals surface area (Å²) in [5.41, 5.74) is 1.38. The summed E-state index contributed by atoms with van der Waals surface area (Å²) in [6.07, 6.45) is 8.13. The Balaban J connectivity index is 1.47. The van der Waals surface area contributed by atoms with Crippen molar-refractivity contribution in [3.63, 3.8) is 0 Å². The van der Waals surface area contributed by atoms with Gasteiger partial charge < -0.3 is 19.7 Å². The molecular formula is C25H38O5. The maximum absolute atomic E-state index is 11.6. The molecule has 3 aliphatic carbocycles. The molecule has 5 rings (SSSR count). The highest BCUT2D eigenvalue weighted by atomic mass is 16.6. The van der Waals surface area contributed by atoms with E-state index in [0.29, 0.717) is 28.2 Å². The summed E-state index contributed by atoms with van der Waals surface area (Å²) >= 11 is 0. The van der Waals surface area contributed by atoms with Crippen molar-refractivity contribution in [2.24, 2.45) is 39.9 Å². The largest absolute Gasteiger partial charge is 0.429 e. The van der Waals surface area contributed by atoms with E-state index in [4.69, 9.17) is 9.47 Å². The molecule has 0 aromatic rings. The highest BCUT2D eigenvalue weighted by Gasteiger charge is 2.63. The van der Waals surface area contributed by atoms with E-state index in [2.05, 4.69) is 27.7 Å². The molecule has 0 spiro atoms. The zero-order valence-electron chi connectivity index (χ0n) is 18.9. The predicted octanol–water partition coefficient (Wildman–Crippen LogP) is 4.17. The third-order valence-corrected chi connectivity index (χ3v) is 10.3. The molecule has 0 aromatic heterocycles. The number of aliphatic hydroxyl groups is 2. The minimum Gasteiger partial charge on any atom is -0.429 e. The zero-order chi connectivity index (χ0) is 21.5. The molecule has 0 bridgehead atoms. The molecule has 168 valence electrons. The van der Waals surface area contributed by atoms with E-state index in [1.54, 1.807) is 0 Å². The Hall–Kier alpha value is -0.910. The molecule has 2 N–H and O–H groups in total. The number of carbonyl (C=O) groups is 1. The summed E-state index contributed by atoms with van der Waals surface area (Å²) in [5.74, 6) is 1.35. The number of rotatable bonds is 1. The number of esters is 1. The van der Waals surface area contributed by atoms with Crippen molar-refractivity contribution in [3.8, 4) is 0 Å². The van der Waals surface area contributed by atoms with Gasteiger partial charge in [-0.2, -0.15) is 0 Å². The topological polar surface area (TPSA) is 76.0 Å². The SMILES string of the molecule is CC1(C)CCC[C@]2(C)[C@H]3CC[C@@H]4[C@H](O)O[C@@H](C5=CC(=O)O[C@@H]5O)C[C@H]4[C@]3(C)CC[C@@H]12. The summed E-state index contributed by atoms with van der Waals surface area (Å²) in [5, 5.41) is 21.1. The second-order valence-corrected chi connectivity index (χ2v) is 12.0. The number of fused-ring (bicyclic) bond motifs is 5. The van der Waals surface area contributed by atoms with E-state index in [1.807, 2.05) is 0 Å². The number of ether oxygens (including phenoxy) is 2. The van der Waals surface area contributed by atoms with Gasteiger partial charge in [-0.05, 0) is 78.9 Å². The molecule has 0 aromatic carbocycles. The lowest BCUT2D eigenvalue weighted by Crippen LogP contribution is -2.62. The summed E-state index contributed by atoms with van der Waals surface area (Å²) < 4.78 is 10.8. The van der Waals surface area contributed by atoms with Gasteiger partial charge in [-0.25, -0.2) is 4.79 Å². The Morgan fingerprint density at radius 3 is 2.43 bits per heavy atom. The van der Waals surface area contributed by atoms with E-state index in [-0.39, 0.29) is 11.3 Å². The smallest absolute Gasteiger partial charge is 0.333 e. The Bertz CT molecular complexity index is 759. The number of cyclic esters (lactones) is 1. The first-order valence-electron chi connectivity index (χ1n) is 12.0. The molecule has 5 nitrogen and oxygen atoms in total. The molecule has 5 aliphatic rings. The average Bonchev–Trinajstić information content (AvgIpc) is 2.99. The highest BCUT2D eigenvalue weighted by molar-refractivity contribution is 5.85. The Morgan fingerprint density at radius 1 is 0.967 bits per heavy atom. The molecule has 4 fully saturated rings. The molecule has 3 saturated carbocycles. The van der Waals surface area contributed by atoms with E-state index < -0.39 is 24.7 Å². The predicted molar refractivity (Wildman–Crippen MR) is 112 cm³/mol. The van der Waals surface area contributed by atoms with Gasteiger partial charge in [-0.3, -0.25) is 0 Å². The molecule has 0 unspecified atom stereocenters. The first-order chi connectivity index (χ1) is 14.1. The van der Waals surface area contributed by atoms with E-state index in [1.165, 1.54) is 44.6 Å². The molecule has 2 heterocycles. The van der Waals surface area contributed by atoms with Gasteiger partial charge in [0.25, 0.3) is 0 Å². The van der Waals surface area contributed by atoms with Gasteiger partial charge in [0.05, 0.1) is 6.10 Å². The van der Waals surface area contributed by atoms with E-state index in [9.17, 15) is 15.0 Å². The number of hydrogen-bond acceptors (Lipinski definition) is 5. The van der Waals surface area contributed by atoms with Gasteiger partial charge in [-0.1, -0.05) is 34.1 Å². The molecule has 1 saturated heterocycles. The van der Waals surface area contributed by atoms with Crippen molar-refractivity contribution in [2.45, 2.75) is 97.7 Å². The second-order valence-electron chi connectivity index (χ2n) is 12.0. The number of carbonyl (C=O) groups excluding carboxylic acids is 1. The maximum atomic E-state index is 11.6. The van der Waals surface area contributed by atoms with Crippen LogP contribution < -0.4 is 0 Å². The van der Waals surface area contributed by atoms with Crippen molar-refractivity contribution in [2.75, 3.05) is 0 Å². The summed E-state index contributed by atoms with van der Waals surface area (Å²) in [7, 11) is 0. The lowest BCUT2D eigenvalue weighted by molar-refractivity contribution is -0.263. The van der Waals surface area contributed by atoms with Crippen LogP contribution in [0.25, 0.3) is 0 Å². The highest BCUT2D eigenvalue weighted by Crippen LogP contribution is 2.70. The Labute approximate surface area is 180 Å². The average molecular weight is 419 g/mol. The molecule has 0 amide bonds. The Morgan fingerprint density at radius 2 is 1.73 bits per heavy atom. The van der Waals surface area contributed by atoms with Crippen LogP contribution in [-0.2, 0) is 14.3 Å². The van der Waals surface area contributed by atoms with Gasteiger partial charge in [-0.15, -0.1) is 0 Å². The van der Waals surface area contributed by atoms with Crippen molar-refractivity contribution in [1.82, 2.24) is 0 Å². The lowest BCUT2D eigenvalue weighted by Gasteiger charge is -2.67. The van der Waals surface area contributed by atoms with Gasteiger partial charge in [0, 0.05) is 17.6 Å². The van der Waals surface area contributed by atoms with Crippen LogP contribution in [0.1, 0.15) is 79.1 Å². The summed E-state index contributed by atoms with van der Waals surface area (Å²) in [6, 6.07) is 0. The van der Waals surface area contributed by atoms with Crippen LogP contribution in [0.4, 0.5) is 0 Å². The monoisotopic (exact) mass is 418 g/mol.